The molecule has 2 aromatic rings. The molecule has 18 heavy (non-hydrogen) atoms. The van der Waals surface area contributed by atoms with Gasteiger partial charge in [-0.2, -0.15) is 13.2 Å². The molecule has 1 heterocycles. The van der Waals surface area contributed by atoms with E-state index in [4.69, 9.17) is 11.6 Å². The van der Waals surface area contributed by atoms with E-state index in [1.54, 1.807) is 0 Å². The van der Waals surface area contributed by atoms with E-state index in [1.165, 1.54) is 18.6 Å². The van der Waals surface area contributed by atoms with E-state index in [0.29, 0.717) is 6.07 Å². The van der Waals surface area contributed by atoms with Gasteiger partial charge in [-0.15, -0.1) is 0 Å². The van der Waals surface area contributed by atoms with E-state index < -0.39 is 17.6 Å². The maximum atomic E-state index is 13.1. The highest BCUT2D eigenvalue weighted by Gasteiger charge is 2.34. The van der Waals surface area contributed by atoms with Crippen LogP contribution in [0.15, 0.2) is 30.7 Å². The molecule has 1 aromatic heterocycles. The first kappa shape index (κ1) is 12.8. The van der Waals surface area contributed by atoms with Gasteiger partial charge in [0.2, 0.25) is 0 Å². The zero-order chi connectivity index (χ0) is 13.3. The summed E-state index contributed by atoms with van der Waals surface area (Å²) >= 11 is 5.74. The van der Waals surface area contributed by atoms with E-state index >= 15 is 0 Å². The number of rotatable bonds is 1. The van der Waals surface area contributed by atoms with Crippen molar-refractivity contribution in [1.29, 1.82) is 0 Å². The van der Waals surface area contributed by atoms with Gasteiger partial charge < -0.3 is 0 Å². The molecule has 2 rings (SSSR count). The number of benzene rings is 1. The van der Waals surface area contributed by atoms with Crippen LogP contribution in [0, 0.1) is 5.82 Å². The predicted octanol–water partition coefficient (Wildman–Crippen LogP) is 3.95. The highest BCUT2D eigenvalue weighted by atomic mass is 35.5. The third kappa shape index (κ3) is 2.43. The molecule has 0 N–H and O–H groups in total. The molecule has 0 bridgehead atoms. The van der Waals surface area contributed by atoms with Gasteiger partial charge >= 0.3 is 6.18 Å². The number of nitrogens with zero attached hydrogens (tertiary/aromatic N) is 2. The van der Waals surface area contributed by atoms with E-state index in [2.05, 4.69) is 9.97 Å². The van der Waals surface area contributed by atoms with Crippen LogP contribution in [0.4, 0.5) is 17.6 Å². The number of aromatic nitrogens is 2. The molecule has 7 heteroatoms. The highest BCUT2D eigenvalue weighted by Crippen LogP contribution is 2.35. The SMILES string of the molecule is Fc1ccc(-c2cncnc2Cl)cc1C(F)(F)F. The fraction of sp³-hybridized carbons (Fsp3) is 0.0909. The van der Waals surface area contributed by atoms with Gasteiger partial charge in [0.25, 0.3) is 0 Å². The van der Waals surface area contributed by atoms with Crippen molar-refractivity contribution in [3.63, 3.8) is 0 Å². The standard InChI is InChI=1S/C11H5ClF4N2/c12-10-7(4-17-5-18-10)6-1-2-9(13)8(3-6)11(14,15)16/h1-5H. The summed E-state index contributed by atoms with van der Waals surface area (Å²) in [6, 6.07) is 2.61. The van der Waals surface area contributed by atoms with E-state index in [9.17, 15) is 17.6 Å². The van der Waals surface area contributed by atoms with Gasteiger partial charge in [-0.05, 0) is 17.7 Å². The summed E-state index contributed by atoms with van der Waals surface area (Å²) in [5.74, 6) is -1.33. The Morgan fingerprint density at radius 1 is 1.17 bits per heavy atom. The van der Waals surface area contributed by atoms with Gasteiger partial charge in [-0.3, -0.25) is 0 Å². The minimum atomic E-state index is -4.76. The van der Waals surface area contributed by atoms with E-state index in [-0.39, 0.29) is 16.3 Å². The molecular weight excluding hydrogens is 272 g/mol. The molecule has 1 aromatic carbocycles. The summed E-state index contributed by atoms with van der Waals surface area (Å²) in [4.78, 5) is 7.31. The Bertz CT molecular complexity index is 583. The van der Waals surface area contributed by atoms with Crippen LogP contribution < -0.4 is 0 Å². The van der Waals surface area contributed by atoms with E-state index in [1.807, 2.05) is 0 Å². The first-order valence-corrected chi connectivity index (χ1v) is 5.10. The summed E-state index contributed by atoms with van der Waals surface area (Å²) in [6.45, 7) is 0. The molecule has 2 nitrogen and oxygen atoms in total. The fourth-order valence-corrected chi connectivity index (χ4v) is 1.62. The largest absolute Gasteiger partial charge is 0.419 e. The lowest BCUT2D eigenvalue weighted by Gasteiger charge is -2.10. The average molecular weight is 277 g/mol. The van der Waals surface area contributed by atoms with Crippen LogP contribution in [0.25, 0.3) is 11.1 Å². The Morgan fingerprint density at radius 2 is 1.89 bits per heavy atom. The van der Waals surface area contributed by atoms with Gasteiger partial charge in [0.05, 0.1) is 5.56 Å². The maximum Gasteiger partial charge on any atom is 0.419 e. The van der Waals surface area contributed by atoms with Gasteiger partial charge in [0.1, 0.15) is 17.3 Å². The zero-order valence-corrected chi connectivity index (χ0v) is 9.43. The molecule has 0 saturated carbocycles. The van der Waals surface area contributed by atoms with Crippen molar-refractivity contribution in [2.75, 3.05) is 0 Å². The third-order valence-corrected chi connectivity index (χ3v) is 2.55. The molecule has 0 aliphatic carbocycles. The Labute approximate surface area is 104 Å². The van der Waals surface area contributed by atoms with Gasteiger partial charge in [0.15, 0.2) is 0 Å². The van der Waals surface area contributed by atoms with Gasteiger partial charge in [-0.1, -0.05) is 17.7 Å². The molecule has 94 valence electrons. The first-order valence-electron chi connectivity index (χ1n) is 4.72. The lowest BCUT2D eigenvalue weighted by Crippen LogP contribution is -2.08. The van der Waals surface area contributed by atoms with Crippen molar-refractivity contribution in [2.45, 2.75) is 6.18 Å². The summed E-state index contributed by atoms with van der Waals surface area (Å²) in [7, 11) is 0. The molecule has 0 aliphatic rings. The van der Waals surface area contributed by atoms with Crippen molar-refractivity contribution in [1.82, 2.24) is 9.97 Å². The fourth-order valence-electron chi connectivity index (χ4n) is 1.42. The van der Waals surface area contributed by atoms with Gasteiger partial charge in [-0.25, -0.2) is 14.4 Å². The predicted molar refractivity (Wildman–Crippen MR) is 57.4 cm³/mol. The molecule has 0 amide bonds. The number of hydrogen-bond donors (Lipinski definition) is 0. The Balaban J connectivity index is 2.58. The van der Waals surface area contributed by atoms with Crippen LogP contribution in [-0.2, 0) is 6.18 Å². The second-order valence-electron chi connectivity index (χ2n) is 3.42. The molecule has 0 aliphatic heterocycles. The van der Waals surface area contributed by atoms with Gasteiger partial charge in [0, 0.05) is 11.8 Å². The Kier molecular flexibility index (Phi) is 3.21. The second kappa shape index (κ2) is 4.53. The molecule has 0 radical (unpaired) electrons. The number of hydrogen-bond acceptors (Lipinski definition) is 2. The summed E-state index contributed by atoms with van der Waals surface area (Å²) < 4.78 is 50.7. The monoisotopic (exact) mass is 276 g/mol. The Hall–Kier alpha value is -1.69. The summed E-state index contributed by atoms with van der Waals surface area (Å²) in [6.07, 6.45) is -2.33. The topological polar surface area (TPSA) is 25.8 Å². The minimum absolute atomic E-state index is 0.00438. The average Bonchev–Trinajstić information content (AvgIpc) is 2.29. The Morgan fingerprint density at radius 3 is 2.50 bits per heavy atom. The first-order chi connectivity index (χ1) is 8.39. The van der Waals surface area contributed by atoms with Crippen LogP contribution in [0.1, 0.15) is 5.56 Å². The zero-order valence-electron chi connectivity index (χ0n) is 8.67. The lowest BCUT2D eigenvalue weighted by atomic mass is 10.1. The van der Waals surface area contributed by atoms with Crippen molar-refractivity contribution in [3.8, 4) is 11.1 Å². The van der Waals surface area contributed by atoms with Crippen LogP contribution in [0.5, 0.6) is 0 Å². The smallest absolute Gasteiger partial charge is 0.244 e. The molecule has 0 atom stereocenters. The second-order valence-corrected chi connectivity index (χ2v) is 3.78. The summed E-state index contributed by atoms with van der Waals surface area (Å²) in [5, 5.41) is 0.00438. The molecule has 0 saturated heterocycles. The lowest BCUT2D eigenvalue weighted by molar-refractivity contribution is -0.139. The molecular formula is C11H5ClF4N2. The van der Waals surface area contributed by atoms with Crippen LogP contribution in [-0.4, -0.2) is 9.97 Å². The van der Waals surface area contributed by atoms with Crippen molar-refractivity contribution in [3.05, 3.63) is 47.3 Å². The van der Waals surface area contributed by atoms with Crippen LogP contribution >= 0.6 is 11.6 Å². The maximum absolute atomic E-state index is 13.1. The quantitative estimate of drug-likeness (QED) is 0.582. The highest BCUT2D eigenvalue weighted by molar-refractivity contribution is 6.32. The van der Waals surface area contributed by atoms with Crippen LogP contribution in [0.2, 0.25) is 5.15 Å². The minimum Gasteiger partial charge on any atom is -0.244 e. The van der Waals surface area contributed by atoms with Crippen molar-refractivity contribution < 1.29 is 17.6 Å². The number of alkyl halides is 3. The number of halogens is 5. The molecule has 0 fully saturated rings. The third-order valence-electron chi connectivity index (χ3n) is 2.25. The molecule has 0 unspecified atom stereocenters. The summed E-state index contributed by atoms with van der Waals surface area (Å²) in [5.41, 5.74) is -1.03. The normalized spacial score (nSPS) is 11.6. The van der Waals surface area contributed by atoms with Crippen molar-refractivity contribution >= 4 is 11.6 Å². The van der Waals surface area contributed by atoms with E-state index in [0.717, 1.165) is 6.07 Å². The van der Waals surface area contributed by atoms with Crippen LogP contribution in [0.3, 0.4) is 0 Å². The van der Waals surface area contributed by atoms with Crippen molar-refractivity contribution in [2.24, 2.45) is 0 Å². The molecule has 0 spiro atoms.